The summed E-state index contributed by atoms with van der Waals surface area (Å²) in [6.45, 7) is 12.3. The van der Waals surface area contributed by atoms with Gasteiger partial charge in [0.25, 0.3) is 0 Å². The number of nitrogens with zero attached hydrogens (tertiary/aromatic N) is 8. The lowest BCUT2D eigenvalue weighted by molar-refractivity contribution is -0.192. The molecule has 0 radical (unpaired) electrons. The van der Waals surface area contributed by atoms with Crippen molar-refractivity contribution >= 4 is 23.4 Å². The predicted octanol–water partition coefficient (Wildman–Crippen LogP) is 5.78. The van der Waals surface area contributed by atoms with Crippen LogP contribution in [0.5, 0.6) is 5.75 Å². The predicted molar refractivity (Wildman–Crippen MR) is 249 cm³/mol. The fourth-order valence-electron chi connectivity index (χ4n) is 8.21. The Hall–Kier alpha value is -7.12. The number of carbonyl (C=O) groups is 2. The molecule has 0 spiro atoms. The van der Waals surface area contributed by atoms with E-state index < -0.39 is 59.3 Å². The van der Waals surface area contributed by atoms with Crippen LogP contribution in [0.2, 0.25) is 0 Å². The van der Waals surface area contributed by atoms with Gasteiger partial charge in [0.15, 0.2) is 0 Å². The minimum atomic E-state index is -1.54. The Labute approximate surface area is 392 Å². The molecule has 2 saturated heterocycles. The lowest BCUT2D eigenvalue weighted by atomic mass is 10.0. The van der Waals surface area contributed by atoms with Gasteiger partial charge in [0.2, 0.25) is 11.7 Å². The molecule has 5 atom stereocenters. The van der Waals surface area contributed by atoms with Gasteiger partial charge < -0.3 is 39.4 Å². The zero-order chi connectivity index (χ0) is 48.0. The molecule has 8 rings (SSSR count). The molecule has 68 heavy (non-hydrogen) atoms. The smallest absolute Gasteiger partial charge is 0.408 e. The Balaban J connectivity index is 0.821. The largest absolute Gasteiger partial charge is 0.491 e. The number of hydrogen-bond donors (Lipinski definition) is 2. The van der Waals surface area contributed by atoms with Crippen molar-refractivity contribution in [2.45, 2.75) is 83.2 Å². The third-order valence-corrected chi connectivity index (χ3v) is 11.9. The molecule has 4 aromatic carbocycles. The molecule has 1 unspecified atom stereocenters. The molecule has 6 aromatic rings. The third-order valence-electron chi connectivity index (χ3n) is 11.9. The molecule has 2 aliphatic rings. The van der Waals surface area contributed by atoms with E-state index in [2.05, 4.69) is 35.6 Å². The maximum absolute atomic E-state index is 15.0. The van der Waals surface area contributed by atoms with Gasteiger partial charge in [-0.25, -0.2) is 37.3 Å². The number of piperazine rings is 1. The number of alkyl carbamates (subject to hydrolysis) is 1. The van der Waals surface area contributed by atoms with Gasteiger partial charge in [-0.05, 0) is 101 Å². The van der Waals surface area contributed by atoms with E-state index in [-0.39, 0.29) is 37.4 Å². The van der Waals surface area contributed by atoms with Crippen molar-refractivity contribution in [2.24, 2.45) is 0 Å². The summed E-state index contributed by atoms with van der Waals surface area (Å²) in [5, 5.41) is 14.2. The molecule has 2 fully saturated rings. The summed E-state index contributed by atoms with van der Waals surface area (Å²) in [7, 11) is 0. The lowest BCUT2D eigenvalue weighted by Gasteiger charge is -2.37. The quantitative estimate of drug-likeness (QED) is 0.120. The number of amides is 2. The maximum atomic E-state index is 15.0. The van der Waals surface area contributed by atoms with Crippen molar-refractivity contribution in [3.63, 3.8) is 0 Å². The van der Waals surface area contributed by atoms with E-state index in [9.17, 15) is 23.2 Å². The van der Waals surface area contributed by atoms with Crippen LogP contribution in [0, 0.1) is 11.6 Å². The van der Waals surface area contributed by atoms with Crippen LogP contribution >= 0.6 is 0 Å². The molecule has 17 nitrogen and oxygen atoms in total. The number of ether oxygens (including phenoxy) is 4. The highest BCUT2D eigenvalue weighted by atomic mass is 19.1. The van der Waals surface area contributed by atoms with Crippen LogP contribution in [-0.4, -0.2) is 104 Å². The molecule has 2 amide bonds. The van der Waals surface area contributed by atoms with E-state index in [1.165, 1.54) is 39.0 Å². The number of rotatable bonds is 16. The second-order valence-electron chi connectivity index (χ2n) is 18.0. The van der Waals surface area contributed by atoms with Gasteiger partial charge in [0.05, 0.1) is 18.3 Å². The number of aromatic nitrogens is 6. The molecule has 0 saturated carbocycles. The van der Waals surface area contributed by atoms with Gasteiger partial charge in [-0.15, -0.1) is 0 Å². The summed E-state index contributed by atoms with van der Waals surface area (Å²) in [6.07, 6.45) is 3.31. The molecule has 2 N–H and O–H groups in total. The molecule has 4 heterocycles. The van der Waals surface area contributed by atoms with Gasteiger partial charge in [-0.1, -0.05) is 30.3 Å². The molecule has 2 aromatic heterocycles. The Morgan fingerprint density at radius 2 is 1.51 bits per heavy atom. The zero-order valence-corrected chi connectivity index (χ0v) is 38.6. The van der Waals surface area contributed by atoms with Crippen LogP contribution in [0.3, 0.4) is 0 Å². The highest BCUT2D eigenvalue weighted by Crippen LogP contribution is 2.38. The maximum Gasteiger partial charge on any atom is 0.408 e. The van der Waals surface area contributed by atoms with E-state index in [0.29, 0.717) is 11.4 Å². The SMILES string of the molecule is CC(NC(=O)[C@@H](Cc1ccccc1)NC(=O)OC(C)(C)C)[C@H](C)n1ncn(-c2ccc(N3CCN(c4ccc(OC[C@H]5CO[C@](Cn6cncn6)(c6ccc(F)cc6F)O5)cc4)CC3)cc2)c1=O. The minimum Gasteiger partial charge on any atom is -0.491 e. The normalized spacial score (nSPS) is 18.7. The van der Waals surface area contributed by atoms with Crippen LogP contribution in [0.4, 0.5) is 25.0 Å². The summed E-state index contributed by atoms with van der Waals surface area (Å²) < 4.78 is 56.9. The standard InChI is InChI=1S/C49H56F2N10O7/c1-33(55-45(62)44(25-35-9-7-6-8-10-35)56-46(63)68-48(3,4)5)34(2)61-47(64)60(32-54-61)39-14-12-37(13-15-39)57-21-23-58(24-22-57)38-16-18-40(19-17-38)65-27-41-28-66-49(67-41,29-59-31-52-30-53-59)42-20-11-36(50)26-43(42)51/h6-20,26,30-34,41,44H,21-25,27-29H2,1-5H3,(H,55,62)(H,56,63)/t33?,34-,41-,44+,49-/m0/s1. The van der Waals surface area contributed by atoms with E-state index in [1.54, 1.807) is 34.6 Å². The average Bonchev–Trinajstić information content (AvgIpc) is 4.09. The summed E-state index contributed by atoms with van der Waals surface area (Å²) in [5.41, 5.74) is 2.55. The molecule has 2 aliphatic heterocycles. The second kappa shape index (κ2) is 20.4. The summed E-state index contributed by atoms with van der Waals surface area (Å²) >= 11 is 0. The summed E-state index contributed by atoms with van der Waals surface area (Å²) in [6, 6.07) is 26.3. The number of benzene rings is 4. The Kier molecular flexibility index (Phi) is 14.2. The van der Waals surface area contributed by atoms with Gasteiger partial charge in [-0.2, -0.15) is 10.2 Å². The van der Waals surface area contributed by atoms with Gasteiger partial charge >= 0.3 is 11.8 Å². The van der Waals surface area contributed by atoms with Crippen LogP contribution in [0.25, 0.3) is 5.69 Å². The molecule has 0 bridgehead atoms. The van der Waals surface area contributed by atoms with E-state index in [4.69, 9.17) is 18.9 Å². The first kappa shape index (κ1) is 47.4. The lowest BCUT2D eigenvalue weighted by Crippen LogP contribution is -2.52. The number of hydrogen-bond acceptors (Lipinski definition) is 12. The second-order valence-corrected chi connectivity index (χ2v) is 18.0. The first-order chi connectivity index (χ1) is 32.6. The molecule has 358 valence electrons. The first-order valence-corrected chi connectivity index (χ1v) is 22.6. The number of anilines is 2. The number of nitrogens with one attached hydrogen (secondary N) is 2. The molecule has 0 aliphatic carbocycles. The van der Waals surface area contributed by atoms with Crippen LogP contribution in [0.15, 0.2) is 121 Å². The third kappa shape index (κ3) is 11.3. The van der Waals surface area contributed by atoms with Crippen molar-refractivity contribution < 1.29 is 37.3 Å². The Morgan fingerprint density at radius 3 is 2.15 bits per heavy atom. The topological polar surface area (TPSA) is 172 Å². The highest BCUT2D eigenvalue weighted by molar-refractivity contribution is 5.86. The fourth-order valence-corrected chi connectivity index (χ4v) is 8.21. The fraction of sp³-hybridized carbons (Fsp3) is 0.388. The van der Waals surface area contributed by atoms with Crippen molar-refractivity contribution in [3.05, 3.63) is 149 Å². The van der Waals surface area contributed by atoms with E-state index in [0.717, 1.165) is 55.2 Å². The van der Waals surface area contributed by atoms with E-state index >= 15 is 0 Å². The van der Waals surface area contributed by atoms with E-state index in [1.807, 2.05) is 78.9 Å². The van der Waals surface area contributed by atoms with Gasteiger partial charge in [0.1, 0.15) is 67.3 Å². The van der Waals surface area contributed by atoms with Crippen molar-refractivity contribution in [1.82, 2.24) is 39.7 Å². The first-order valence-electron chi connectivity index (χ1n) is 22.6. The van der Waals surface area contributed by atoms with Crippen molar-refractivity contribution in [2.75, 3.05) is 49.2 Å². The number of halogens is 2. The average molecular weight is 935 g/mol. The molecular formula is C49H56F2N10O7. The van der Waals surface area contributed by atoms with Crippen molar-refractivity contribution in [3.8, 4) is 11.4 Å². The van der Waals surface area contributed by atoms with Gasteiger partial charge in [0, 0.05) is 61.6 Å². The van der Waals surface area contributed by atoms with Crippen molar-refractivity contribution in [1.29, 1.82) is 0 Å². The van der Waals surface area contributed by atoms with Crippen LogP contribution < -0.4 is 30.9 Å². The monoisotopic (exact) mass is 934 g/mol. The Morgan fingerprint density at radius 1 is 0.853 bits per heavy atom. The summed E-state index contributed by atoms with van der Waals surface area (Å²) in [4.78, 5) is 48.5. The summed E-state index contributed by atoms with van der Waals surface area (Å²) in [5.74, 6) is -2.81. The molecular weight excluding hydrogens is 879 g/mol. The highest BCUT2D eigenvalue weighted by Gasteiger charge is 2.46. The van der Waals surface area contributed by atoms with Crippen LogP contribution in [-0.2, 0) is 37.8 Å². The Bertz CT molecular complexity index is 2690. The minimum absolute atomic E-state index is 0.00896. The van der Waals surface area contributed by atoms with Gasteiger partial charge in [-0.3, -0.25) is 4.79 Å². The molecule has 19 heteroatoms. The van der Waals surface area contributed by atoms with Crippen LogP contribution in [0.1, 0.15) is 51.8 Å². The zero-order valence-electron chi connectivity index (χ0n) is 38.6. The number of carbonyl (C=O) groups excluding carboxylic acids is 2.